The largest absolute Gasteiger partial charge is 0.477 e. The molecule has 0 saturated carbocycles. The van der Waals surface area contributed by atoms with Gasteiger partial charge >= 0.3 is 17.9 Å². The van der Waals surface area contributed by atoms with Crippen LogP contribution in [-0.4, -0.2) is 87.4 Å². The number of carbonyl (C=O) groups excluding carboxylic acids is 2. The van der Waals surface area contributed by atoms with Crippen molar-refractivity contribution in [2.24, 2.45) is 0 Å². The molecule has 9 heteroatoms. The van der Waals surface area contributed by atoms with Crippen LogP contribution in [-0.2, 0) is 33.3 Å². The molecular formula is C65H110NO8+. The van der Waals surface area contributed by atoms with Crippen molar-refractivity contribution >= 4 is 17.9 Å². The molecule has 0 spiro atoms. The highest BCUT2D eigenvalue weighted by atomic mass is 16.7. The Labute approximate surface area is 454 Å². The summed E-state index contributed by atoms with van der Waals surface area (Å²) in [5.74, 6) is -2.04. The Hall–Kier alpha value is -4.05. The molecule has 74 heavy (non-hydrogen) atoms. The van der Waals surface area contributed by atoms with Crippen molar-refractivity contribution in [1.82, 2.24) is 0 Å². The number of allylic oxidation sites excluding steroid dienone is 18. The maximum absolute atomic E-state index is 12.9. The van der Waals surface area contributed by atoms with Crippen LogP contribution in [0.2, 0.25) is 0 Å². The molecule has 1 N–H and O–H groups in total. The summed E-state index contributed by atoms with van der Waals surface area (Å²) >= 11 is 0. The van der Waals surface area contributed by atoms with Gasteiger partial charge in [0.1, 0.15) is 13.2 Å². The van der Waals surface area contributed by atoms with E-state index in [0.29, 0.717) is 17.4 Å². The number of rotatable bonds is 53. The molecule has 0 saturated heterocycles. The van der Waals surface area contributed by atoms with E-state index in [1.54, 1.807) is 0 Å². The van der Waals surface area contributed by atoms with E-state index in [9.17, 15) is 19.5 Å². The van der Waals surface area contributed by atoms with E-state index in [2.05, 4.69) is 123 Å². The average Bonchev–Trinajstić information content (AvgIpc) is 3.37. The standard InChI is InChI=1S/C65H109NO8/c1-6-8-10-12-14-16-18-20-22-24-26-27-28-29-30-31-32-33-34-35-36-37-38-40-42-44-46-48-50-52-54-56-63(68)74-61(60-73-65(64(69)70)71-58-57-66(3,4)5)59-72-62(67)55-53-51-49-47-45-43-41-39-25-23-21-19-17-15-13-11-9-7-2/h8,10,14,16,20,22-23,25-27,29-30,32-33,35-36,38,40,61,65H,6-7,9,11-13,15,17-19,21,24,28,31,34,37,39,41-60H2,1-5H3/p+1/b10-8-,16-14-,22-20-,25-23-,27-26-,30-29-,33-32-,36-35-,40-38-. The van der Waals surface area contributed by atoms with Crippen molar-refractivity contribution in [2.75, 3.05) is 47.5 Å². The van der Waals surface area contributed by atoms with E-state index in [4.69, 9.17) is 18.9 Å². The molecule has 0 radical (unpaired) electrons. The molecule has 0 heterocycles. The Morgan fingerprint density at radius 2 is 0.770 bits per heavy atom. The van der Waals surface area contributed by atoms with Crippen LogP contribution in [0.25, 0.3) is 0 Å². The first-order valence-electron chi connectivity index (χ1n) is 29.6. The Balaban J connectivity index is 4.31. The summed E-state index contributed by atoms with van der Waals surface area (Å²) in [7, 11) is 5.95. The summed E-state index contributed by atoms with van der Waals surface area (Å²) < 4.78 is 22.9. The molecule has 0 aliphatic rings. The number of aliphatic carboxylic acids is 1. The third-order valence-corrected chi connectivity index (χ3v) is 12.3. The first-order valence-corrected chi connectivity index (χ1v) is 29.6. The molecule has 0 amide bonds. The van der Waals surface area contributed by atoms with Crippen molar-refractivity contribution in [1.29, 1.82) is 0 Å². The molecule has 0 aromatic carbocycles. The van der Waals surface area contributed by atoms with E-state index >= 15 is 0 Å². The van der Waals surface area contributed by atoms with Gasteiger partial charge < -0.3 is 28.5 Å². The van der Waals surface area contributed by atoms with Gasteiger partial charge in [-0.1, -0.05) is 220 Å². The third kappa shape index (κ3) is 55.7. The minimum absolute atomic E-state index is 0.178. The van der Waals surface area contributed by atoms with Crippen molar-refractivity contribution in [3.63, 3.8) is 0 Å². The van der Waals surface area contributed by atoms with Gasteiger partial charge in [0.15, 0.2) is 6.10 Å². The van der Waals surface area contributed by atoms with Crippen molar-refractivity contribution in [2.45, 2.75) is 238 Å². The second-order valence-electron chi connectivity index (χ2n) is 20.6. The predicted molar refractivity (Wildman–Crippen MR) is 313 cm³/mol. The molecule has 422 valence electrons. The quantitative estimate of drug-likeness (QED) is 0.0211. The number of carboxylic acid groups (broad SMARTS) is 1. The fraction of sp³-hybridized carbons (Fsp3) is 0.677. The predicted octanol–water partition coefficient (Wildman–Crippen LogP) is 17.5. The fourth-order valence-electron chi connectivity index (χ4n) is 7.73. The number of carboxylic acids is 1. The summed E-state index contributed by atoms with van der Waals surface area (Å²) in [6, 6.07) is 0. The number of hydrogen-bond donors (Lipinski definition) is 1. The average molecular weight is 1030 g/mol. The van der Waals surface area contributed by atoms with Gasteiger partial charge in [-0.2, -0.15) is 0 Å². The second-order valence-corrected chi connectivity index (χ2v) is 20.6. The van der Waals surface area contributed by atoms with Crippen LogP contribution in [0, 0.1) is 0 Å². The third-order valence-electron chi connectivity index (χ3n) is 12.3. The molecule has 0 aromatic rings. The highest BCUT2D eigenvalue weighted by Gasteiger charge is 2.25. The van der Waals surface area contributed by atoms with Crippen LogP contribution in [0.5, 0.6) is 0 Å². The van der Waals surface area contributed by atoms with Crippen LogP contribution in [0.3, 0.4) is 0 Å². The number of nitrogens with zero attached hydrogens (tertiary/aromatic N) is 1. The number of ether oxygens (including phenoxy) is 4. The number of likely N-dealkylation sites (N-methyl/N-ethyl adjacent to an activating group) is 1. The maximum Gasteiger partial charge on any atom is 0.361 e. The van der Waals surface area contributed by atoms with Crippen LogP contribution >= 0.6 is 0 Å². The van der Waals surface area contributed by atoms with Gasteiger partial charge in [-0.25, -0.2) is 4.79 Å². The lowest BCUT2D eigenvalue weighted by Crippen LogP contribution is -2.40. The van der Waals surface area contributed by atoms with Gasteiger partial charge in [-0.05, 0) is 103 Å². The van der Waals surface area contributed by atoms with Gasteiger partial charge in [-0.15, -0.1) is 0 Å². The zero-order valence-electron chi connectivity index (χ0n) is 48.0. The molecular weight excluding hydrogens is 923 g/mol. The molecule has 0 bridgehead atoms. The van der Waals surface area contributed by atoms with E-state index in [1.807, 2.05) is 21.1 Å². The van der Waals surface area contributed by atoms with Crippen LogP contribution in [0.15, 0.2) is 109 Å². The molecule has 0 aromatic heterocycles. The van der Waals surface area contributed by atoms with Crippen LogP contribution < -0.4 is 0 Å². The van der Waals surface area contributed by atoms with Crippen molar-refractivity contribution < 1.29 is 42.9 Å². The van der Waals surface area contributed by atoms with Crippen molar-refractivity contribution in [3.05, 3.63) is 109 Å². The lowest BCUT2D eigenvalue weighted by molar-refractivity contribution is -0.870. The molecule has 9 nitrogen and oxygen atoms in total. The number of unbranched alkanes of at least 4 members (excludes halogenated alkanes) is 20. The minimum atomic E-state index is -1.52. The number of esters is 2. The second kappa shape index (κ2) is 55.2. The summed E-state index contributed by atoms with van der Waals surface area (Å²) in [6.45, 7) is 4.73. The number of quaternary nitrogens is 1. The first-order chi connectivity index (χ1) is 36.1. The molecule has 2 atom stereocenters. The highest BCUT2D eigenvalue weighted by molar-refractivity contribution is 5.71. The monoisotopic (exact) mass is 1030 g/mol. The zero-order chi connectivity index (χ0) is 54.1. The lowest BCUT2D eigenvalue weighted by Gasteiger charge is -2.25. The van der Waals surface area contributed by atoms with Crippen LogP contribution in [0.4, 0.5) is 0 Å². The van der Waals surface area contributed by atoms with E-state index < -0.39 is 24.3 Å². The number of hydrogen-bond acceptors (Lipinski definition) is 7. The topological polar surface area (TPSA) is 108 Å². The first kappa shape index (κ1) is 70.0. The molecule has 0 aliphatic heterocycles. The smallest absolute Gasteiger partial charge is 0.361 e. The summed E-state index contributed by atoms with van der Waals surface area (Å²) in [5.41, 5.74) is 0. The van der Waals surface area contributed by atoms with Gasteiger partial charge in [0.2, 0.25) is 0 Å². The van der Waals surface area contributed by atoms with Gasteiger partial charge in [0.05, 0.1) is 34.4 Å². The van der Waals surface area contributed by atoms with E-state index in [0.717, 1.165) is 122 Å². The lowest BCUT2D eigenvalue weighted by atomic mass is 10.1. The maximum atomic E-state index is 12.9. The summed E-state index contributed by atoms with van der Waals surface area (Å²) in [6.07, 6.45) is 73.0. The van der Waals surface area contributed by atoms with E-state index in [-0.39, 0.29) is 38.6 Å². The highest BCUT2D eigenvalue weighted by Crippen LogP contribution is 2.14. The normalized spacial score (nSPS) is 13.6. The zero-order valence-corrected chi connectivity index (χ0v) is 48.0. The van der Waals surface area contributed by atoms with Crippen LogP contribution in [0.1, 0.15) is 226 Å². The van der Waals surface area contributed by atoms with E-state index in [1.165, 1.54) is 70.6 Å². The summed E-state index contributed by atoms with van der Waals surface area (Å²) in [4.78, 5) is 37.4. The Kier molecular flexibility index (Phi) is 52.2. The SMILES string of the molecule is CC/C=C\C/C=C\C/C=C\C/C=C\C/C=C\C/C=C\C/C=C\C/C=C\CCCCCCCCC(=O)OC(COC(=O)CCCCCCCCC/C=C\CCCCCCCCC)COC(OCC[N+](C)(C)C)C(=O)O. The number of carbonyl (C=O) groups is 3. The minimum Gasteiger partial charge on any atom is -0.477 e. The molecule has 0 aliphatic carbocycles. The Bertz CT molecular complexity index is 1580. The fourth-order valence-corrected chi connectivity index (χ4v) is 7.73. The molecule has 0 rings (SSSR count). The van der Waals surface area contributed by atoms with Crippen molar-refractivity contribution in [3.8, 4) is 0 Å². The molecule has 2 unspecified atom stereocenters. The Morgan fingerprint density at radius 1 is 0.419 bits per heavy atom. The van der Waals surface area contributed by atoms with Gasteiger partial charge in [-0.3, -0.25) is 9.59 Å². The summed E-state index contributed by atoms with van der Waals surface area (Å²) in [5, 5.41) is 9.70. The molecule has 0 fully saturated rings. The van der Waals surface area contributed by atoms with Gasteiger partial charge in [0, 0.05) is 12.8 Å². The Morgan fingerprint density at radius 3 is 1.16 bits per heavy atom. The van der Waals surface area contributed by atoms with Gasteiger partial charge in [0.25, 0.3) is 6.29 Å².